The fraction of sp³-hybridized carbons (Fsp3) is 0.739. The van der Waals surface area contributed by atoms with Crippen LogP contribution < -0.4 is 4.74 Å². The van der Waals surface area contributed by atoms with Gasteiger partial charge in [0.1, 0.15) is 5.75 Å². The molecule has 4 aliphatic rings. The summed E-state index contributed by atoms with van der Waals surface area (Å²) in [5.74, 6) is 4.51. The molecule has 0 radical (unpaired) electrons. The largest absolute Gasteiger partial charge is 0.465 e. The van der Waals surface area contributed by atoms with E-state index in [1.165, 1.54) is 50.5 Å². The highest BCUT2D eigenvalue weighted by atomic mass is 16.7. The summed E-state index contributed by atoms with van der Waals surface area (Å²) in [6.45, 7) is 4.52. The summed E-state index contributed by atoms with van der Waals surface area (Å²) in [5.41, 5.74) is 1.89. The third-order valence-electron chi connectivity index (χ3n) is 7.36. The van der Waals surface area contributed by atoms with Crippen molar-refractivity contribution >= 4 is 0 Å². The van der Waals surface area contributed by atoms with Crippen molar-refractivity contribution in [3.63, 3.8) is 0 Å². The van der Waals surface area contributed by atoms with Gasteiger partial charge in [-0.05, 0) is 91.7 Å². The van der Waals surface area contributed by atoms with E-state index in [0.717, 1.165) is 29.9 Å². The van der Waals surface area contributed by atoms with E-state index in [0.29, 0.717) is 11.3 Å². The minimum atomic E-state index is -0.106. The summed E-state index contributed by atoms with van der Waals surface area (Å²) in [6.07, 6.45) is 10.9. The molecule has 2 unspecified atom stereocenters. The molecule has 138 valence electrons. The lowest BCUT2D eigenvalue weighted by Crippen LogP contribution is -2.48. The molecule has 1 aromatic rings. The van der Waals surface area contributed by atoms with E-state index in [1.54, 1.807) is 7.11 Å². The summed E-state index contributed by atoms with van der Waals surface area (Å²) in [7, 11) is 1.80. The average Bonchev–Trinajstić information content (AvgIpc) is 2.59. The average molecular weight is 343 g/mol. The first-order valence-corrected chi connectivity index (χ1v) is 10.4. The molecular formula is C23H34O2. The summed E-state index contributed by atoms with van der Waals surface area (Å²) in [5, 5.41) is 0. The predicted octanol–water partition coefficient (Wildman–Crippen LogP) is 6.16. The van der Waals surface area contributed by atoms with Crippen molar-refractivity contribution in [2.75, 3.05) is 7.11 Å². The van der Waals surface area contributed by atoms with E-state index in [-0.39, 0.29) is 6.29 Å². The Morgan fingerprint density at radius 3 is 2.04 bits per heavy atom. The van der Waals surface area contributed by atoms with Gasteiger partial charge in [-0.25, -0.2) is 0 Å². The van der Waals surface area contributed by atoms with Crippen LogP contribution in [0.4, 0.5) is 0 Å². The van der Waals surface area contributed by atoms with Gasteiger partial charge in [0.2, 0.25) is 0 Å². The van der Waals surface area contributed by atoms with Crippen LogP contribution in [0.2, 0.25) is 0 Å². The monoisotopic (exact) mass is 342 g/mol. The highest BCUT2D eigenvalue weighted by Gasteiger charge is 2.51. The third kappa shape index (κ3) is 3.60. The van der Waals surface area contributed by atoms with Crippen LogP contribution in [0.5, 0.6) is 5.75 Å². The van der Waals surface area contributed by atoms with Crippen molar-refractivity contribution in [3.05, 3.63) is 29.8 Å². The molecule has 5 rings (SSSR count). The number of rotatable bonds is 7. The van der Waals surface area contributed by atoms with E-state index in [1.807, 2.05) is 0 Å². The maximum absolute atomic E-state index is 6.25. The summed E-state index contributed by atoms with van der Waals surface area (Å²) in [6, 6.07) is 8.66. The van der Waals surface area contributed by atoms with Gasteiger partial charge in [0.25, 0.3) is 0 Å². The van der Waals surface area contributed by atoms with Crippen molar-refractivity contribution in [2.24, 2.45) is 23.2 Å². The maximum atomic E-state index is 6.25. The Morgan fingerprint density at radius 2 is 1.56 bits per heavy atom. The number of hydrogen-bond donors (Lipinski definition) is 0. The van der Waals surface area contributed by atoms with Crippen molar-refractivity contribution in [1.82, 2.24) is 0 Å². The molecule has 4 bridgehead atoms. The summed E-state index contributed by atoms with van der Waals surface area (Å²) in [4.78, 5) is 0. The molecule has 0 N–H and O–H groups in total. The summed E-state index contributed by atoms with van der Waals surface area (Å²) < 4.78 is 12.0. The minimum absolute atomic E-state index is 0.106. The van der Waals surface area contributed by atoms with Crippen molar-refractivity contribution in [1.29, 1.82) is 0 Å². The molecule has 1 aromatic carbocycles. The van der Waals surface area contributed by atoms with E-state index < -0.39 is 0 Å². The highest BCUT2D eigenvalue weighted by molar-refractivity contribution is 5.29. The van der Waals surface area contributed by atoms with Crippen molar-refractivity contribution in [3.8, 4) is 5.75 Å². The normalized spacial score (nSPS) is 35.6. The topological polar surface area (TPSA) is 18.5 Å². The van der Waals surface area contributed by atoms with Crippen LogP contribution in [0, 0.1) is 23.2 Å². The van der Waals surface area contributed by atoms with Gasteiger partial charge in [-0.1, -0.05) is 26.0 Å². The van der Waals surface area contributed by atoms with Gasteiger partial charge in [-0.15, -0.1) is 0 Å². The number of methoxy groups -OCH3 is 1. The Labute approximate surface area is 153 Å². The van der Waals surface area contributed by atoms with Crippen molar-refractivity contribution < 1.29 is 9.47 Å². The molecule has 2 heteroatoms. The molecular weight excluding hydrogens is 308 g/mol. The summed E-state index contributed by atoms with van der Waals surface area (Å²) >= 11 is 0. The second kappa shape index (κ2) is 6.95. The first-order valence-electron chi connectivity index (χ1n) is 10.4. The lowest BCUT2D eigenvalue weighted by Gasteiger charge is -2.57. The second-order valence-electron chi connectivity index (χ2n) is 9.28. The Bertz CT molecular complexity index is 541. The Hall–Kier alpha value is -1.02. The zero-order valence-electron chi connectivity index (χ0n) is 16.2. The molecule has 4 fully saturated rings. The Morgan fingerprint density at radius 1 is 1.00 bits per heavy atom. The SMILES string of the molecule is CCC(C)c1ccc(OC(CC23CC4CC(CC(C4)C2)C3)OC)cc1. The lowest BCUT2D eigenvalue weighted by atomic mass is 9.49. The van der Waals surface area contributed by atoms with Gasteiger partial charge in [-0.3, -0.25) is 0 Å². The quantitative estimate of drug-likeness (QED) is 0.553. The van der Waals surface area contributed by atoms with Gasteiger partial charge in [0, 0.05) is 13.5 Å². The lowest BCUT2D eigenvalue weighted by molar-refractivity contribution is -0.129. The molecule has 0 aromatic heterocycles. The van der Waals surface area contributed by atoms with Gasteiger partial charge < -0.3 is 9.47 Å². The van der Waals surface area contributed by atoms with E-state index in [4.69, 9.17) is 9.47 Å². The zero-order chi connectivity index (χ0) is 17.4. The zero-order valence-corrected chi connectivity index (χ0v) is 16.2. The van der Waals surface area contributed by atoms with Gasteiger partial charge >= 0.3 is 0 Å². The van der Waals surface area contributed by atoms with Crippen LogP contribution in [0.25, 0.3) is 0 Å². The van der Waals surface area contributed by atoms with Crippen LogP contribution in [0.3, 0.4) is 0 Å². The molecule has 2 atom stereocenters. The van der Waals surface area contributed by atoms with Crippen LogP contribution in [-0.4, -0.2) is 13.4 Å². The molecule has 0 amide bonds. The molecule has 4 saturated carbocycles. The molecule has 0 heterocycles. The molecule has 25 heavy (non-hydrogen) atoms. The van der Waals surface area contributed by atoms with Crippen LogP contribution in [-0.2, 0) is 4.74 Å². The van der Waals surface area contributed by atoms with Gasteiger partial charge in [0.15, 0.2) is 6.29 Å². The fourth-order valence-electron chi connectivity index (χ4n) is 6.33. The van der Waals surface area contributed by atoms with E-state index >= 15 is 0 Å². The first kappa shape index (κ1) is 17.4. The number of hydrogen-bond acceptors (Lipinski definition) is 2. The second-order valence-corrected chi connectivity index (χ2v) is 9.28. The molecule has 0 spiro atoms. The van der Waals surface area contributed by atoms with E-state index in [9.17, 15) is 0 Å². The number of benzene rings is 1. The molecule has 0 saturated heterocycles. The first-order chi connectivity index (χ1) is 12.1. The van der Waals surface area contributed by atoms with Crippen LogP contribution >= 0.6 is 0 Å². The van der Waals surface area contributed by atoms with Gasteiger partial charge in [-0.2, -0.15) is 0 Å². The van der Waals surface area contributed by atoms with Crippen LogP contribution in [0.1, 0.15) is 76.7 Å². The number of ether oxygens (including phenoxy) is 2. The van der Waals surface area contributed by atoms with Gasteiger partial charge in [0.05, 0.1) is 0 Å². The molecule has 4 aliphatic carbocycles. The minimum Gasteiger partial charge on any atom is -0.465 e. The Kier molecular flexibility index (Phi) is 4.83. The molecule has 0 aliphatic heterocycles. The highest BCUT2D eigenvalue weighted by Crippen LogP contribution is 2.61. The van der Waals surface area contributed by atoms with Crippen molar-refractivity contribution in [2.45, 2.75) is 77.4 Å². The van der Waals surface area contributed by atoms with Crippen LogP contribution in [0.15, 0.2) is 24.3 Å². The smallest absolute Gasteiger partial charge is 0.200 e. The fourth-order valence-corrected chi connectivity index (χ4v) is 6.33. The third-order valence-corrected chi connectivity index (χ3v) is 7.36. The standard InChI is InChI=1S/C23H34O2/c1-4-16(2)20-5-7-21(8-6-20)25-22(24-3)15-23-12-17-9-18(13-23)11-19(10-17)14-23/h5-8,16-19,22H,4,9-15H2,1-3H3. The Balaban J connectivity index is 1.41. The molecule has 2 nitrogen and oxygen atoms in total. The van der Waals surface area contributed by atoms with E-state index in [2.05, 4.69) is 38.1 Å². The predicted molar refractivity (Wildman–Crippen MR) is 102 cm³/mol. The maximum Gasteiger partial charge on any atom is 0.200 e.